The van der Waals surface area contributed by atoms with Crippen LogP contribution >= 0.6 is 7.26 Å². The molecule has 1 N–H and O–H groups in total. The van der Waals surface area contributed by atoms with Gasteiger partial charge in [0.1, 0.15) is 22.3 Å². The number of aliphatic hydroxyl groups excluding tert-OH is 1. The second-order valence-electron chi connectivity index (χ2n) is 7.18. The van der Waals surface area contributed by atoms with Gasteiger partial charge in [-0.25, -0.2) is 4.79 Å². The summed E-state index contributed by atoms with van der Waals surface area (Å²) >= 11 is 0. The normalized spacial score (nSPS) is 11.9. The fraction of sp³-hybridized carbons (Fsp3) is 0.185. The lowest BCUT2D eigenvalue weighted by Gasteiger charge is -2.28. The van der Waals surface area contributed by atoms with Crippen molar-refractivity contribution in [3.63, 3.8) is 0 Å². The summed E-state index contributed by atoms with van der Waals surface area (Å²) in [5.74, 6) is -1.59. The van der Waals surface area contributed by atoms with Gasteiger partial charge in [-0.3, -0.25) is 4.79 Å². The predicted octanol–water partition coefficient (Wildman–Crippen LogP) is 4.27. The van der Waals surface area contributed by atoms with Gasteiger partial charge >= 0.3 is 11.9 Å². The van der Waals surface area contributed by atoms with Crippen LogP contribution in [-0.2, 0) is 19.1 Å². The third-order valence-electron chi connectivity index (χ3n) is 5.13. The minimum absolute atomic E-state index is 0.0982. The Hall–Kier alpha value is -3.43. The van der Waals surface area contributed by atoms with E-state index in [0.29, 0.717) is 0 Å². The van der Waals surface area contributed by atoms with Gasteiger partial charge in [0.15, 0.2) is 13.0 Å². The molecule has 0 bridgehead atoms. The first kappa shape index (κ1) is 24.2. The van der Waals surface area contributed by atoms with E-state index in [-0.39, 0.29) is 24.3 Å². The number of aliphatic hydroxyl groups is 1. The van der Waals surface area contributed by atoms with Crippen molar-refractivity contribution in [3.8, 4) is 0 Å². The van der Waals surface area contributed by atoms with Crippen LogP contribution < -0.4 is 15.9 Å². The van der Waals surface area contributed by atoms with Gasteiger partial charge in [-0.15, -0.1) is 0 Å². The third kappa shape index (κ3) is 5.15. The van der Waals surface area contributed by atoms with Crippen LogP contribution in [0.4, 0.5) is 0 Å². The van der Waals surface area contributed by atoms with Gasteiger partial charge in [-0.1, -0.05) is 54.6 Å². The molecule has 0 saturated heterocycles. The Labute approximate surface area is 195 Å². The number of carbonyl (C=O) groups excluding carboxylic acids is 2. The van der Waals surface area contributed by atoms with Crippen molar-refractivity contribution in [2.45, 2.75) is 20.3 Å². The Morgan fingerprint density at radius 1 is 0.697 bits per heavy atom. The van der Waals surface area contributed by atoms with E-state index in [0.717, 1.165) is 15.9 Å². The molecule has 0 spiro atoms. The maximum atomic E-state index is 13.5. The van der Waals surface area contributed by atoms with Gasteiger partial charge in [-0.05, 0) is 50.2 Å². The van der Waals surface area contributed by atoms with Crippen LogP contribution in [0.5, 0.6) is 0 Å². The highest BCUT2D eigenvalue weighted by molar-refractivity contribution is 7.99. The van der Waals surface area contributed by atoms with Crippen molar-refractivity contribution in [2.75, 3.05) is 13.2 Å². The van der Waals surface area contributed by atoms with Crippen molar-refractivity contribution in [2.24, 2.45) is 0 Å². The van der Waals surface area contributed by atoms with Gasteiger partial charge in [0.25, 0.3) is 0 Å². The zero-order valence-corrected chi connectivity index (χ0v) is 19.7. The van der Waals surface area contributed by atoms with E-state index < -0.39 is 25.6 Å². The first-order valence-corrected chi connectivity index (χ1v) is 12.7. The number of hydrogen-bond donors (Lipinski definition) is 1. The molecule has 0 aromatic heterocycles. The Morgan fingerprint density at radius 3 is 1.45 bits per heavy atom. The molecular formula is C27H28O5P+. The Morgan fingerprint density at radius 2 is 1.09 bits per heavy atom. The van der Waals surface area contributed by atoms with Crippen LogP contribution in [-0.4, -0.2) is 30.3 Å². The number of ether oxygens (including phenoxy) is 2. The summed E-state index contributed by atoms with van der Waals surface area (Å²) in [6.45, 7) is 3.72. The number of benzene rings is 3. The largest absolute Gasteiger partial charge is 0.507 e. The van der Waals surface area contributed by atoms with E-state index in [4.69, 9.17) is 9.47 Å². The molecule has 33 heavy (non-hydrogen) atoms. The summed E-state index contributed by atoms with van der Waals surface area (Å²) in [6, 6.07) is 28.8. The molecule has 6 heteroatoms. The molecule has 0 aliphatic carbocycles. The van der Waals surface area contributed by atoms with E-state index in [1.165, 1.54) is 0 Å². The quantitative estimate of drug-likeness (QED) is 0.222. The molecule has 0 unspecified atom stereocenters. The molecule has 0 aliphatic heterocycles. The molecule has 3 rings (SSSR count). The molecule has 3 aromatic rings. The standard InChI is InChI=1S/C27H27O5P/c1-3-31-25(29)20-24(28)26(27(30)32-4-2)33(21-14-8-5-9-15-21,22-16-10-6-11-17-22)23-18-12-7-13-19-23/h5-19H,3-4,20H2,1-2H3/p+1. The molecule has 0 atom stereocenters. The number of carbonyl (C=O) groups is 2. The van der Waals surface area contributed by atoms with Crippen LogP contribution in [0.15, 0.2) is 102 Å². The summed E-state index contributed by atoms with van der Waals surface area (Å²) in [5, 5.41) is 14.0. The smallest absolute Gasteiger partial charge is 0.378 e. The fourth-order valence-electron chi connectivity index (χ4n) is 3.87. The van der Waals surface area contributed by atoms with Gasteiger partial charge < -0.3 is 14.6 Å². The topological polar surface area (TPSA) is 72.8 Å². The summed E-state index contributed by atoms with van der Waals surface area (Å²) < 4.78 is 10.5. The van der Waals surface area contributed by atoms with Crippen LogP contribution in [0.2, 0.25) is 0 Å². The zero-order chi connectivity index (χ0) is 23.7. The number of esters is 2. The van der Waals surface area contributed by atoms with E-state index in [2.05, 4.69) is 0 Å². The van der Waals surface area contributed by atoms with Crippen LogP contribution in [0.1, 0.15) is 20.3 Å². The van der Waals surface area contributed by atoms with Gasteiger partial charge in [0.05, 0.1) is 13.2 Å². The highest BCUT2D eigenvalue weighted by Crippen LogP contribution is 2.63. The second-order valence-corrected chi connectivity index (χ2v) is 10.5. The summed E-state index contributed by atoms with van der Waals surface area (Å²) in [6.07, 6.45) is -0.420. The van der Waals surface area contributed by atoms with Crippen molar-refractivity contribution in [1.82, 2.24) is 0 Å². The van der Waals surface area contributed by atoms with Gasteiger partial charge in [0.2, 0.25) is 5.31 Å². The Kier molecular flexibility index (Phi) is 8.39. The van der Waals surface area contributed by atoms with E-state index in [1.54, 1.807) is 13.8 Å². The average molecular weight is 463 g/mol. The first-order valence-electron chi connectivity index (χ1n) is 10.9. The van der Waals surface area contributed by atoms with Crippen LogP contribution in [0.3, 0.4) is 0 Å². The molecule has 0 radical (unpaired) electrons. The lowest BCUT2D eigenvalue weighted by molar-refractivity contribution is -0.142. The van der Waals surface area contributed by atoms with Crippen LogP contribution in [0, 0.1) is 0 Å². The summed E-state index contributed by atoms with van der Waals surface area (Å²) in [4.78, 5) is 25.8. The monoisotopic (exact) mass is 463 g/mol. The van der Waals surface area contributed by atoms with Crippen LogP contribution in [0.25, 0.3) is 0 Å². The van der Waals surface area contributed by atoms with Crippen molar-refractivity contribution in [1.29, 1.82) is 0 Å². The molecule has 0 amide bonds. The molecule has 0 fully saturated rings. The maximum absolute atomic E-state index is 13.5. The molecule has 3 aromatic carbocycles. The lowest BCUT2D eigenvalue weighted by atomic mass is 10.3. The van der Waals surface area contributed by atoms with E-state index in [9.17, 15) is 14.7 Å². The number of rotatable bonds is 9. The highest BCUT2D eigenvalue weighted by Gasteiger charge is 2.55. The van der Waals surface area contributed by atoms with Crippen molar-refractivity contribution < 1.29 is 24.2 Å². The highest BCUT2D eigenvalue weighted by atomic mass is 31.2. The summed E-state index contributed by atoms with van der Waals surface area (Å²) in [5.41, 5.74) is 0. The van der Waals surface area contributed by atoms with Gasteiger partial charge in [-0.2, -0.15) is 0 Å². The molecular weight excluding hydrogens is 435 g/mol. The van der Waals surface area contributed by atoms with Gasteiger partial charge in [0, 0.05) is 0 Å². The number of hydrogen-bond acceptors (Lipinski definition) is 5. The molecule has 170 valence electrons. The third-order valence-corrected chi connectivity index (χ3v) is 9.45. The van der Waals surface area contributed by atoms with E-state index >= 15 is 0 Å². The fourth-order valence-corrected chi connectivity index (χ4v) is 8.20. The molecule has 0 aliphatic rings. The minimum Gasteiger partial charge on any atom is -0.507 e. The summed E-state index contributed by atoms with van der Waals surface area (Å²) in [7, 11) is -2.93. The maximum Gasteiger partial charge on any atom is 0.378 e. The Bertz CT molecular complexity index is 998. The minimum atomic E-state index is -2.93. The molecule has 0 saturated carbocycles. The first-order chi connectivity index (χ1) is 16.1. The SMILES string of the molecule is CCOC(=O)C/C(O)=C(\C(=O)OCC)[P+](c1ccccc1)(c1ccccc1)c1ccccc1. The molecule has 5 nitrogen and oxygen atoms in total. The zero-order valence-electron chi connectivity index (χ0n) is 18.8. The average Bonchev–Trinajstić information content (AvgIpc) is 2.84. The van der Waals surface area contributed by atoms with E-state index in [1.807, 2.05) is 91.0 Å². The Balaban J connectivity index is 2.45. The van der Waals surface area contributed by atoms with Crippen molar-refractivity contribution >= 4 is 35.1 Å². The predicted molar refractivity (Wildman–Crippen MR) is 133 cm³/mol. The lowest BCUT2D eigenvalue weighted by Crippen LogP contribution is -2.36. The second kappa shape index (κ2) is 11.4. The van der Waals surface area contributed by atoms with Crippen molar-refractivity contribution in [3.05, 3.63) is 102 Å². The molecule has 0 heterocycles.